The lowest BCUT2D eigenvalue weighted by molar-refractivity contribution is 0.783. The fourth-order valence-corrected chi connectivity index (χ4v) is 3.33. The van der Waals surface area contributed by atoms with Gasteiger partial charge in [-0.25, -0.2) is 0 Å². The van der Waals surface area contributed by atoms with Gasteiger partial charge in [0.05, 0.1) is 5.69 Å². The molecule has 25 heavy (non-hydrogen) atoms. The molecule has 0 unspecified atom stereocenters. The third kappa shape index (κ3) is 3.66. The lowest BCUT2D eigenvalue weighted by Gasteiger charge is -2.17. The molecular formula is C24H27N. The van der Waals surface area contributed by atoms with Crippen LogP contribution in [-0.4, -0.2) is 4.98 Å². The quantitative estimate of drug-likeness (QED) is 0.503. The van der Waals surface area contributed by atoms with Crippen LogP contribution in [0.15, 0.2) is 60.8 Å². The van der Waals surface area contributed by atoms with Crippen molar-refractivity contribution in [2.45, 2.75) is 46.5 Å². The van der Waals surface area contributed by atoms with E-state index >= 15 is 0 Å². The van der Waals surface area contributed by atoms with E-state index in [1.165, 1.54) is 33.4 Å². The highest BCUT2D eigenvalue weighted by molar-refractivity contribution is 5.74. The van der Waals surface area contributed by atoms with Crippen LogP contribution >= 0.6 is 0 Å². The van der Waals surface area contributed by atoms with E-state index in [4.69, 9.17) is 4.98 Å². The number of benzene rings is 2. The molecule has 0 N–H and O–H groups in total. The van der Waals surface area contributed by atoms with Crippen molar-refractivity contribution in [2.24, 2.45) is 0 Å². The number of aryl methyl sites for hydroxylation is 1. The summed E-state index contributed by atoms with van der Waals surface area (Å²) in [7, 11) is 0. The summed E-state index contributed by atoms with van der Waals surface area (Å²) < 4.78 is 0. The van der Waals surface area contributed by atoms with Crippen molar-refractivity contribution in [2.75, 3.05) is 0 Å². The molecule has 1 heteroatoms. The van der Waals surface area contributed by atoms with Gasteiger partial charge in [-0.2, -0.15) is 0 Å². The molecule has 0 radical (unpaired) electrons. The number of nitrogens with zero attached hydrogens (tertiary/aromatic N) is 1. The minimum absolute atomic E-state index is 0.497. The molecule has 0 aliphatic carbocycles. The Labute approximate surface area is 151 Å². The molecule has 3 rings (SSSR count). The van der Waals surface area contributed by atoms with E-state index in [9.17, 15) is 0 Å². The van der Waals surface area contributed by atoms with Gasteiger partial charge >= 0.3 is 0 Å². The second-order valence-electron chi connectivity index (χ2n) is 7.40. The fraction of sp³-hybridized carbons (Fsp3) is 0.292. The molecule has 0 atom stereocenters. The highest BCUT2D eigenvalue weighted by Crippen LogP contribution is 2.32. The molecule has 1 heterocycles. The Hall–Kier alpha value is -2.41. The number of hydrogen-bond donors (Lipinski definition) is 0. The first kappa shape index (κ1) is 17.4. The smallest absolute Gasteiger partial charge is 0.0705 e. The number of rotatable bonds is 4. The van der Waals surface area contributed by atoms with E-state index in [2.05, 4.69) is 95.4 Å². The van der Waals surface area contributed by atoms with Crippen LogP contribution in [-0.2, 0) is 0 Å². The lowest BCUT2D eigenvalue weighted by atomic mass is 9.90. The van der Waals surface area contributed by atoms with Crippen LogP contribution in [0.4, 0.5) is 0 Å². The average molecular weight is 329 g/mol. The maximum absolute atomic E-state index is 4.78. The van der Waals surface area contributed by atoms with Crippen LogP contribution in [0.5, 0.6) is 0 Å². The lowest BCUT2D eigenvalue weighted by Crippen LogP contribution is -2.01. The van der Waals surface area contributed by atoms with Crippen molar-refractivity contribution in [3.63, 3.8) is 0 Å². The average Bonchev–Trinajstić information content (AvgIpc) is 2.62. The first-order valence-electron chi connectivity index (χ1n) is 9.13. The van der Waals surface area contributed by atoms with Crippen molar-refractivity contribution < 1.29 is 0 Å². The van der Waals surface area contributed by atoms with Crippen molar-refractivity contribution in [1.29, 1.82) is 0 Å². The van der Waals surface area contributed by atoms with Gasteiger partial charge in [0.1, 0.15) is 0 Å². The Morgan fingerprint density at radius 3 is 2.04 bits per heavy atom. The van der Waals surface area contributed by atoms with Crippen LogP contribution in [0.1, 0.15) is 56.2 Å². The molecule has 0 fully saturated rings. The summed E-state index contributed by atoms with van der Waals surface area (Å²) in [4.78, 5) is 4.78. The van der Waals surface area contributed by atoms with Crippen LogP contribution in [0.3, 0.4) is 0 Å². The van der Waals surface area contributed by atoms with Gasteiger partial charge < -0.3 is 0 Å². The van der Waals surface area contributed by atoms with E-state index in [1.54, 1.807) is 0 Å². The van der Waals surface area contributed by atoms with Gasteiger partial charge in [-0.05, 0) is 58.7 Å². The summed E-state index contributed by atoms with van der Waals surface area (Å²) in [5.41, 5.74) is 8.82. The molecule has 128 valence electrons. The molecule has 3 aromatic rings. The maximum Gasteiger partial charge on any atom is 0.0705 e. The van der Waals surface area contributed by atoms with E-state index in [1.807, 2.05) is 0 Å². The Balaban J connectivity index is 2.10. The maximum atomic E-state index is 4.78. The van der Waals surface area contributed by atoms with Crippen LogP contribution in [0, 0.1) is 6.92 Å². The molecular weight excluding hydrogens is 302 g/mol. The SMILES string of the molecule is Cc1ccc(-c2cc(C(C)C)c(C(C)C)cn2)cc1-c1ccccc1. The van der Waals surface area contributed by atoms with Gasteiger partial charge in [0.25, 0.3) is 0 Å². The van der Waals surface area contributed by atoms with Crippen LogP contribution < -0.4 is 0 Å². The molecule has 2 aromatic carbocycles. The minimum Gasteiger partial charge on any atom is -0.256 e. The van der Waals surface area contributed by atoms with Crippen molar-refractivity contribution in [1.82, 2.24) is 4.98 Å². The molecule has 0 aliphatic heterocycles. The van der Waals surface area contributed by atoms with Gasteiger partial charge in [-0.1, -0.05) is 70.2 Å². The molecule has 0 aliphatic rings. The summed E-state index contributed by atoms with van der Waals surface area (Å²) in [6.45, 7) is 11.2. The topological polar surface area (TPSA) is 12.9 Å². The molecule has 0 saturated carbocycles. The fourth-order valence-electron chi connectivity index (χ4n) is 3.33. The first-order chi connectivity index (χ1) is 12.0. The second kappa shape index (κ2) is 7.23. The third-order valence-electron chi connectivity index (χ3n) is 4.83. The van der Waals surface area contributed by atoms with Gasteiger partial charge in [0.2, 0.25) is 0 Å². The molecule has 0 spiro atoms. The predicted octanol–water partition coefficient (Wildman–Crippen LogP) is 6.97. The predicted molar refractivity (Wildman–Crippen MR) is 108 cm³/mol. The third-order valence-corrected chi connectivity index (χ3v) is 4.83. The normalized spacial score (nSPS) is 11.3. The number of hydrogen-bond acceptors (Lipinski definition) is 1. The molecule has 1 nitrogen and oxygen atoms in total. The zero-order valence-electron chi connectivity index (χ0n) is 15.9. The second-order valence-corrected chi connectivity index (χ2v) is 7.40. The summed E-state index contributed by atoms with van der Waals surface area (Å²) >= 11 is 0. The monoisotopic (exact) mass is 329 g/mol. The highest BCUT2D eigenvalue weighted by Gasteiger charge is 2.13. The van der Waals surface area contributed by atoms with Gasteiger partial charge in [-0.3, -0.25) is 4.98 Å². The van der Waals surface area contributed by atoms with Crippen LogP contribution in [0.25, 0.3) is 22.4 Å². The first-order valence-corrected chi connectivity index (χ1v) is 9.13. The Morgan fingerprint density at radius 1 is 0.720 bits per heavy atom. The zero-order valence-corrected chi connectivity index (χ0v) is 15.9. The van der Waals surface area contributed by atoms with E-state index in [0.29, 0.717) is 11.8 Å². The Bertz CT molecular complexity index is 861. The van der Waals surface area contributed by atoms with E-state index < -0.39 is 0 Å². The minimum atomic E-state index is 0.497. The van der Waals surface area contributed by atoms with Gasteiger partial charge in [0, 0.05) is 11.8 Å². The zero-order chi connectivity index (χ0) is 18.0. The number of pyridine rings is 1. The molecule has 0 amide bonds. The molecule has 0 bridgehead atoms. The summed E-state index contributed by atoms with van der Waals surface area (Å²) in [5.74, 6) is 0.995. The van der Waals surface area contributed by atoms with Crippen molar-refractivity contribution >= 4 is 0 Å². The largest absolute Gasteiger partial charge is 0.256 e. The highest BCUT2D eigenvalue weighted by atomic mass is 14.7. The standard InChI is InChI=1S/C24H27N/c1-16(2)21-14-24(25-15-23(21)17(3)4)20-12-11-18(5)22(13-20)19-9-7-6-8-10-19/h6-17H,1-5H3. The van der Waals surface area contributed by atoms with E-state index in [0.717, 1.165) is 5.69 Å². The number of aromatic nitrogens is 1. The molecule has 0 saturated heterocycles. The van der Waals surface area contributed by atoms with Gasteiger partial charge in [-0.15, -0.1) is 0 Å². The summed E-state index contributed by atoms with van der Waals surface area (Å²) in [5, 5.41) is 0. The summed E-state index contributed by atoms with van der Waals surface area (Å²) in [6, 6.07) is 19.5. The van der Waals surface area contributed by atoms with Gasteiger partial charge in [0.15, 0.2) is 0 Å². The molecule has 1 aromatic heterocycles. The Kier molecular flexibility index (Phi) is 5.03. The van der Waals surface area contributed by atoms with Crippen molar-refractivity contribution in [3.05, 3.63) is 77.5 Å². The Morgan fingerprint density at radius 2 is 1.40 bits per heavy atom. The van der Waals surface area contributed by atoms with Crippen LogP contribution in [0.2, 0.25) is 0 Å². The van der Waals surface area contributed by atoms with E-state index in [-0.39, 0.29) is 0 Å². The van der Waals surface area contributed by atoms with Crippen molar-refractivity contribution in [3.8, 4) is 22.4 Å². The summed E-state index contributed by atoms with van der Waals surface area (Å²) in [6.07, 6.45) is 2.07.